The first kappa shape index (κ1) is 22.4. The van der Waals surface area contributed by atoms with Crippen LogP contribution in [0.5, 0.6) is 0 Å². The van der Waals surface area contributed by atoms with E-state index in [0.29, 0.717) is 21.3 Å². The Kier molecular flexibility index (Phi) is 6.31. The predicted octanol–water partition coefficient (Wildman–Crippen LogP) is 5.41. The zero-order valence-electron chi connectivity index (χ0n) is 17.2. The first-order valence-corrected chi connectivity index (χ1v) is 10.4. The zero-order valence-corrected chi connectivity index (χ0v) is 18.8. The third-order valence-electron chi connectivity index (χ3n) is 5.12. The number of carbonyl (C=O) groups is 3. The van der Waals surface area contributed by atoms with Crippen molar-refractivity contribution in [3.05, 3.63) is 45.4 Å². The van der Waals surface area contributed by atoms with Gasteiger partial charge in [-0.15, -0.1) is 11.3 Å². The fourth-order valence-electron chi connectivity index (χ4n) is 3.42. The van der Waals surface area contributed by atoms with Gasteiger partial charge in [0.25, 0.3) is 0 Å². The highest BCUT2D eigenvalue weighted by atomic mass is 35.5. The summed E-state index contributed by atoms with van der Waals surface area (Å²) in [5.41, 5.74) is -1.39. The first-order valence-electron chi connectivity index (χ1n) is 9.19. The molecule has 1 aliphatic carbocycles. The van der Waals surface area contributed by atoms with Crippen molar-refractivity contribution in [1.29, 1.82) is 0 Å². The molecule has 1 aromatic heterocycles. The van der Waals surface area contributed by atoms with Crippen LogP contribution in [0, 0.1) is 17.8 Å². The summed E-state index contributed by atoms with van der Waals surface area (Å²) in [5.74, 6) is -2.16. The molecule has 1 aliphatic rings. The number of aromatic nitrogens is 1. The van der Waals surface area contributed by atoms with Crippen molar-refractivity contribution in [2.75, 3.05) is 0 Å². The van der Waals surface area contributed by atoms with Crippen LogP contribution in [0.1, 0.15) is 62.5 Å². The highest BCUT2D eigenvalue weighted by Crippen LogP contribution is 2.45. The lowest BCUT2D eigenvalue weighted by molar-refractivity contribution is -0.157. The van der Waals surface area contributed by atoms with Gasteiger partial charge in [0.05, 0.1) is 16.5 Å². The van der Waals surface area contributed by atoms with Gasteiger partial charge in [0.15, 0.2) is 17.3 Å². The minimum atomic E-state index is -1.23. The van der Waals surface area contributed by atoms with Gasteiger partial charge in [-0.1, -0.05) is 37.3 Å². The molecule has 0 N–H and O–H groups in total. The minimum absolute atomic E-state index is 0.343. The average Bonchev–Trinajstić information content (AvgIpc) is 2.99. The molecule has 0 atom stereocenters. The van der Waals surface area contributed by atoms with Crippen LogP contribution in [0.2, 0.25) is 0 Å². The van der Waals surface area contributed by atoms with E-state index < -0.39 is 28.3 Å². The molecule has 6 heteroatoms. The van der Waals surface area contributed by atoms with E-state index in [9.17, 15) is 14.4 Å². The van der Waals surface area contributed by atoms with E-state index in [2.05, 4.69) is 11.6 Å². The Morgan fingerprint density at radius 3 is 2.18 bits per heavy atom. The number of ketones is 3. The normalized spacial score (nSPS) is 20.2. The number of carbonyl (C=O) groups excluding carboxylic acids is 3. The molecule has 4 nitrogen and oxygen atoms in total. The Hall–Kier alpha value is -1.85. The van der Waals surface area contributed by atoms with Gasteiger partial charge < -0.3 is 0 Å². The fourth-order valence-corrected chi connectivity index (χ4v) is 4.54. The molecule has 0 bridgehead atoms. The molecule has 28 heavy (non-hydrogen) atoms. The monoisotopic (exact) mass is 419 g/mol. The standard InChI is InChI=1S/C22H26ClNO3S/c1-8-9-14(23)11-10-12(2)19-24-16(13(3)28-19)15-17(25)21(4,5)20(27)22(6,7)18(15)26/h9-11,15H,2,8H2,1,3-7H3/b11-10-,14-9+. The molecule has 0 unspecified atom stereocenters. The quantitative estimate of drug-likeness (QED) is 0.472. The van der Waals surface area contributed by atoms with E-state index in [0.717, 1.165) is 11.3 Å². The van der Waals surface area contributed by atoms with Gasteiger partial charge in [0, 0.05) is 15.5 Å². The lowest BCUT2D eigenvalue weighted by Crippen LogP contribution is -2.56. The third-order valence-corrected chi connectivity index (χ3v) is 6.46. The molecule has 0 aromatic carbocycles. The van der Waals surface area contributed by atoms with E-state index in [1.165, 1.54) is 11.3 Å². The van der Waals surface area contributed by atoms with Crippen molar-refractivity contribution in [1.82, 2.24) is 4.98 Å². The SMILES string of the molecule is C=C(/C=C\C(Cl)=C/CC)c1nc(C2C(=O)C(C)(C)C(=O)C(C)(C)C2=O)c(C)s1. The number of nitrogens with zero attached hydrogens (tertiary/aromatic N) is 1. The minimum Gasteiger partial charge on any atom is -0.298 e. The summed E-state index contributed by atoms with van der Waals surface area (Å²) in [7, 11) is 0. The number of allylic oxidation sites excluding steroid dienone is 5. The first-order chi connectivity index (χ1) is 12.9. The molecule has 0 radical (unpaired) electrons. The fraction of sp³-hybridized carbons (Fsp3) is 0.455. The van der Waals surface area contributed by atoms with E-state index >= 15 is 0 Å². The van der Waals surface area contributed by atoms with Gasteiger partial charge in [-0.05, 0) is 47.1 Å². The predicted molar refractivity (Wildman–Crippen MR) is 115 cm³/mol. The van der Waals surface area contributed by atoms with Crippen LogP contribution in [0.3, 0.4) is 0 Å². The number of aryl methyl sites for hydroxylation is 1. The second-order valence-electron chi connectivity index (χ2n) is 8.06. The van der Waals surface area contributed by atoms with Crippen LogP contribution in [0.15, 0.2) is 29.8 Å². The molecule has 1 fully saturated rings. The second-order valence-corrected chi connectivity index (χ2v) is 9.70. The third kappa shape index (κ3) is 3.83. The van der Waals surface area contributed by atoms with Crippen LogP contribution in [-0.2, 0) is 14.4 Å². The Morgan fingerprint density at radius 1 is 1.14 bits per heavy atom. The van der Waals surface area contributed by atoms with Crippen molar-refractivity contribution in [2.24, 2.45) is 10.8 Å². The van der Waals surface area contributed by atoms with E-state index in [4.69, 9.17) is 11.6 Å². The van der Waals surface area contributed by atoms with Gasteiger partial charge in [0.2, 0.25) is 0 Å². The van der Waals surface area contributed by atoms with E-state index in [1.54, 1.807) is 39.8 Å². The van der Waals surface area contributed by atoms with Gasteiger partial charge in [-0.3, -0.25) is 14.4 Å². The summed E-state index contributed by atoms with van der Waals surface area (Å²) < 4.78 is 0. The topological polar surface area (TPSA) is 64.1 Å². The zero-order chi connectivity index (χ0) is 21.4. The number of hydrogen-bond donors (Lipinski definition) is 0. The Bertz CT molecular complexity index is 888. The van der Waals surface area contributed by atoms with Crippen molar-refractivity contribution >= 4 is 45.9 Å². The maximum atomic E-state index is 13.0. The molecule has 1 aromatic rings. The number of thiazole rings is 1. The van der Waals surface area contributed by atoms with E-state index in [-0.39, 0.29) is 5.78 Å². The summed E-state index contributed by atoms with van der Waals surface area (Å²) in [6, 6.07) is 0. The van der Waals surface area contributed by atoms with Gasteiger partial charge in [-0.25, -0.2) is 4.98 Å². The number of rotatable bonds is 5. The van der Waals surface area contributed by atoms with Crippen LogP contribution in [-0.4, -0.2) is 22.3 Å². The molecule has 0 spiro atoms. The molecule has 0 amide bonds. The Labute approximate surface area is 175 Å². The van der Waals surface area contributed by atoms with Gasteiger partial charge in [0.1, 0.15) is 10.9 Å². The number of halogens is 1. The molecule has 0 saturated heterocycles. The molecule has 0 aliphatic heterocycles. The molecule has 150 valence electrons. The highest BCUT2D eigenvalue weighted by molar-refractivity contribution is 7.12. The average molecular weight is 420 g/mol. The van der Waals surface area contributed by atoms with Gasteiger partial charge in [-0.2, -0.15) is 0 Å². The van der Waals surface area contributed by atoms with Crippen LogP contribution < -0.4 is 0 Å². The van der Waals surface area contributed by atoms with Crippen LogP contribution >= 0.6 is 22.9 Å². The smallest absolute Gasteiger partial charge is 0.162 e. The van der Waals surface area contributed by atoms with Crippen molar-refractivity contribution in [3.8, 4) is 0 Å². The number of hydrogen-bond acceptors (Lipinski definition) is 5. The largest absolute Gasteiger partial charge is 0.298 e. The molecular formula is C22H26ClNO3S. The second kappa shape index (κ2) is 7.88. The lowest BCUT2D eigenvalue weighted by atomic mass is 9.58. The van der Waals surface area contributed by atoms with Crippen LogP contribution in [0.4, 0.5) is 0 Å². The molecule has 2 rings (SSSR count). The summed E-state index contributed by atoms with van der Waals surface area (Å²) in [4.78, 5) is 44.1. The highest BCUT2D eigenvalue weighted by Gasteiger charge is 2.59. The lowest BCUT2D eigenvalue weighted by Gasteiger charge is -2.40. The van der Waals surface area contributed by atoms with Gasteiger partial charge >= 0.3 is 0 Å². The maximum absolute atomic E-state index is 13.0. The summed E-state index contributed by atoms with van der Waals surface area (Å²) >= 11 is 7.45. The Morgan fingerprint density at radius 2 is 1.68 bits per heavy atom. The summed E-state index contributed by atoms with van der Waals surface area (Å²) in [6.07, 6.45) is 6.21. The molecule has 1 saturated carbocycles. The Balaban J connectivity index is 2.45. The molecule has 1 heterocycles. The van der Waals surface area contributed by atoms with Crippen LogP contribution in [0.25, 0.3) is 5.57 Å². The van der Waals surface area contributed by atoms with Crippen molar-refractivity contribution < 1.29 is 14.4 Å². The maximum Gasteiger partial charge on any atom is 0.162 e. The van der Waals surface area contributed by atoms with Crippen molar-refractivity contribution in [2.45, 2.75) is 53.9 Å². The number of Topliss-reactive ketones (excluding diaryl/α,β-unsaturated/α-hetero) is 3. The van der Waals surface area contributed by atoms with Crippen molar-refractivity contribution in [3.63, 3.8) is 0 Å². The summed E-state index contributed by atoms with van der Waals surface area (Å²) in [6.45, 7) is 14.2. The van der Waals surface area contributed by atoms with E-state index in [1.807, 2.05) is 19.9 Å². The summed E-state index contributed by atoms with van der Waals surface area (Å²) in [5, 5.41) is 1.23. The molecular weight excluding hydrogens is 394 g/mol.